The van der Waals surface area contributed by atoms with Crippen molar-refractivity contribution in [3.63, 3.8) is 0 Å². The Balaban J connectivity index is 2.03. The number of carbonyl (C=O) groups excluding carboxylic acids is 2. The van der Waals surface area contributed by atoms with Gasteiger partial charge in [-0.25, -0.2) is 4.79 Å². The van der Waals surface area contributed by atoms with E-state index in [1.54, 1.807) is 4.90 Å². The fraction of sp³-hybridized carbons (Fsp3) is 0.846. The van der Waals surface area contributed by atoms with Crippen molar-refractivity contribution in [3.05, 3.63) is 0 Å². The van der Waals surface area contributed by atoms with Crippen LogP contribution in [0.3, 0.4) is 0 Å². The Bertz CT molecular complexity index is 312. The summed E-state index contributed by atoms with van der Waals surface area (Å²) in [6, 6.07) is -0.415. The van der Waals surface area contributed by atoms with E-state index < -0.39 is 6.04 Å². The van der Waals surface area contributed by atoms with Crippen molar-refractivity contribution in [2.75, 3.05) is 20.3 Å². The predicted octanol–water partition coefficient (Wildman–Crippen LogP) is 1.11. The standard InChI is InChI=1S/C13H21NO4/c1-17-13(16)10-6-2-4-8-14(10)12(15)11-7-3-5-9-18-11/h10-11H,2-9H2,1H3. The van der Waals surface area contributed by atoms with E-state index in [-0.39, 0.29) is 18.0 Å². The summed E-state index contributed by atoms with van der Waals surface area (Å²) in [5.74, 6) is -0.344. The number of esters is 1. The molecule has 0 aromatic carbocycles. The van der Waals surface area contributed by atoms with Crippen LogP contribution < -0.4 is 0 Å². The first kappa shape index (κ1) is 13.3. The lowest BCUT2D eigenvalue weighted by atomic mass is 10.00. The van der Waals surface area contributed by atoms with Crippen LogP contribution in [0, 0.1) is 0 Å². The minimum atomic E-state index is -0.415. The molecule has 2 heterocycles. The molecule has 0 bridgehead atoms. The molecule has 0 radical (unpaired) electrons. The number of amides is 1. The van der Waals surface area contributed by atoms with Crippen molar-refractivity contribution >= 4 is 11.9 Å². The van der Waals surface area contributed by atoms with Gasteiger partial charge in [-0.3, -0.25) is 4.79 Å². The van der Waals surface area contributed by atoms with Crippen LogP contribution in [0.5, 0.6) is 0 Å². The topological polar surface area (TPSA) is 55.8 Å². The van der Waals surface area contributed by atoms with Gasteiger partial charge in [0.25, 0.3) is 5.91 Å². The second-order valence-corrected chi connectivity index (χ2v) is 4.92. The number of likely N-dealkylation sites (tertiary alicyclic amines) is 1. The molecule has 0 aliphatic carbocycles. The Morgan fingerprint density at radius 2 is 1.94 bits per heavy atom. The lowest BCUT2D eigenvalue weighted by Gasteiger charge is -2.36. The fourth-order valence-corrected chi connectivity index (χ4v) is 2.70. The summed E-state index contributed by atoms with van der Waals surface area (Å²) in [4.78, 5) is 25.7. The molecule has 1 amide bonds. The van der Waals surface area contributed by atoms with Crippen molar-refractivity contribution in [3.8, 4) is 0 Å². The van der Waals surface area contributed by atoms with Crippen molar-refractivity contribution in [1.29, 1.82) is 0 Å². The second kappa shape index (κ2) is 6.18. The molecule has 0 N–H and O–H groups in total. The third-order valence-corrected chi connectivity index (χ3v) is 3.71. The summed E-state index contributed by atoms with van der Waals surface area (Å²) < 4.78 is 10.3. The van der Waals surface area contributed by atoms with E-state index in [1.807, 2.05) is 0 Å². The summed E-state index contributed by atoms with van der Waals surface area (Å²) in [5.41, 5.74) is 0. The average Bonchev–Trinajstić information content (AvgIpc) is 2.46. The van der Waals surface area contributed by atoms with Gasteiger partial charge in [-0.05, 0) is 38.5 Å². The van der Waals surface area contributed by atoms with Crippen molar-refractivity contribution < 1.29 is 19.1 Å². The molecule has 5 heteroatoms. The summed E-state index contributed by atoms with van der Waals surface area (Å²) in [7, 11) is 1.37. The van der Waals surface area contributed by atoms with E-state index in [9.17, 15) is 9.59 Å². The van der Waals surface area contributed by atoms with Crippen LogP contribution in [-0.4, -0.2) is 49.2 Å². The maximum atomic E-state index is 12.4. The number of ether oxygens (including phenoxy) is 2. The highest BCUT2D eigenvalue weighted by Crippen LogP contribution is 2.22. The van der Waals surface area contributed by atoms with Gasteiger partial charge < -0.3 is 14.4 Å². The van der Waals surface area contributed by atoms with Crippen molar-refractivity contribution in [1.82, 2.24) is 4.90 Å². The molecule has 0 saturated carbocycles. The Kier molecular flexibility index (Phi) is 4.58. The number of carbonyl (C=O) groups is 2. The molecule has 0 spiro atoms. The molecule has 2 atom stereocenters. The van der Waals surface area contributed by atoms with Crippen LogP contribution in [0.25, 0.3) is 0 Å². The van der Waals surface area contributed by atoms with Crippen LogP contribution in [0.15, 0.2) is 0 Å². The summed E-state index contributed by atoms with van der Waals surface area (Å²) in [5, 5.41) is 0. The summed E-state index contributed by atoms with van der Waals surface area (Å²) in [6.07, 6.45) is 5.07. The summed E-state index contributed by atoms with van der Waals surface area (Å²) in [6.45, 7) is 1.28. The fourth-order valence-electron chi connectivity index (χ4n) is 2.70. The lowest BCUT2D eigenvalue weighted by molar-refractivity contribution is -0.161. The molecule has 5 nitrogen and oxygen atoms in total. The summed E-state index contributed by atoms with van der Waals surface area (Å²) >= 11 is 0. The quantitative estimate of drug-likeness (QED) is 0.694. The zero-order valence-corrected chi connectivity index (χ0v) is 10.9. The van der Waals surface area contributed by atoms with Crippen LogP contribution >= 0.6 is 0 Å². The monoisotopic (exact) mass is 255 g/mol. The zero-order chi connectivity index (χ0) is 13.0. The SMILES string of the molecule is COC(=O)C1CCCCN1C(=O)C1CCCCO1. The van der Waals surface area contributed by atoms with Gasteiger partial charge in [-0.15, -0.1) is 0 Å². The van der Waals surface area contributed by atoms with Gasteiger partial charge in [0.05, 0.1) is 7.11 Å². The minimum absolute atomic E-state index is 0.0372. The molecule has 2 aliphatic heterocycles. The van der Waals surface area contributed by atoms with Gasteiger partial charge in [0.1, 0.15) is 12.1 Å². The molecule has 18 heavy (non-hydrogen) atoms. The smallest absolute Gasteiger partial charge is 0.328 e. The predicted molar refractivity (Wildman–Crippen MR) is 65.0 cm³/mol. The molecule has 2 aliphatic rings. The molecule has 0 aromatic rings. The van der Waals surface area contributed by atoms with Gasteiger partial charge >= 0.3 is 5.97 Å². The highest BCUT2D eigenvalue weighted by atomic mass is 16.5. The highest BCUT2D eigenvalue weighted by molar-refractivity contribution is 5.87. The Morgan fingerprint density at radius 1 is 1.17 bits per heavy atom. The van der Waals surface area contributed by atoms with E-state index in [4.69, 9.17) is 9.47 Å². The number of hydrogen-bond acceptors (Lipinski definition) is 4. The van der Waals surface area contributed by atoms with Crippen molar-refractivity contribution in [2.24, 2.45) is 0 Å². The van der Waals surface area contributed by atoms with Gasteiger partial charge in [-0.2, -0.15) is 0 Å². The number of rotatable bonds is 2. The molecule has 2 fully saturated rings. The molecular formula is C13H21NO4. The highest BCUT2D eigenvalue weighted by Gasteiger charge is 2.36. The lowest BCUT2D eigenvalue weighted by Crippen LogP contribution is -2.52. The second-order valence-electron chi connectivity index (χ2n) is 4.92. The normalized spacial score (nSPS) is 28.8. The third-order valence-electron chi connectivity index (χ3n) is 3.71. The first-order valence-corrected chi connectivity index (χ1v) is 6.74. The van der Waals surface area contributed by atoms with Crippen LogP contribution in [0.1, 0.15) is 38.5 Å². The first-order chi connectivity index (χ1) is 8.74. The van der Waals surface area contributed by atoms with Gasteiger partial charge in [0.15, 0.2) is 0 Å². The molecule has 102 valence electrons. The maximum Gasteiger partial charge on any atom is 0.328 e. The van der Waals surface area contributed by atoms with Crippen molar-refractivity contribution in [2.45, 2.75) is 50.7 Å². The number of methoxy groups -OCH3 is 1. The van der Waals surface area contributed by atoms with Gasteiger partial charge in [-0.1, -0.05) is 0 Å². The Labute approximate surface area is 107 Å². The Hall–Kier alpha value is -1.10. The van der Waals surface area contributed by atoms with Crippen LogP contribution in [0.4, 0.5) is 0 Å². The molecule has 2 saturated heterocycles. The van der Waals surface area contributed by atoms with Crippen LogP contribution in [-0.2, 0) is 19.1 Å². The van der Waals surface area contributed by atoms with Crippen LogP contribution in [0.2, 0.25) is 0 Å². The third kappa shape index (κ3) is 2.83. The first-order valence-electron chi connectivity index (χ1n) is 6.74. The zero-order valence-electron chi connectivity index (χ0n) is 10.9. The van der Waals surface area contributed by atoms with E-state index >= 15 is 0 Å². The number of nitrogens with zero attached hydrogens (tertiary/aromatic N) is 1. The van der Waals surface area contributed by atoms with Gasteiger partial charge in [0, 0.05) is 13.2 Å². The Morgan fingerprint density at radius 3 is 2.61 bits per heavy atom. The van der Waals surface area contributed by atoms with Gasteiger partial charge in [0.2, 0.25) is 0 Å². The van der Waals surface area contributed by atoms with E-state index in [1.165, 1.54) is 7.11 Å². The number of hydrogen-bond donors (Lipinski definition) is 0. The van der Waals surface area contributed by atoms with E-state index in [0.29, 0.717) is 19.6 Å². The maximum absolute atomic E-state index is 12.4. The molecule has 2 rings (SSSR count). The minimum Gasteiger partial charge on any atom is -0.467 e. The molecular weight excluding hydrogens is 234 g/mol. The molecule has 0 aromatic heterocycles. The largest absolute Gasteiger partial charge is 0.467 e. The molecule has 2 unspecified atom stereocenters. The number of piperidine rings is 1. The average molecular weight is 255 g/mol. The van der Waals surface area contributed by atoms with E-state index in [2.05, 4.69) is 0 Å². The van der Waals surface area contributed by atoms with E-state index in [0.717, 1.165) is 32.1 Å².